The van der Waals surface area contributed by atoms with Crippen LogP contribution in [0.4, 0.5) is 0 Å². The number of rotatable bonds is 4. The number of carbonyl (C=O) groups excluding carboxylic acids is 1. The van der Waals surface area contributed by atoms with Gasteiger partial charge in [-0.2, -0.15) is 0 Å². The number of pyridine rings is 1. The monoisotopic (exact) mass is 404 g/mol. The van der Waals surface area contributed by atoms with Crippen LogP contribution in [0.15, 0.2) is 36.2 Å². The number of fused-ring (bicyclic) bond motifs is 2. The average molecular weight is 404 g/mol. The van der Waals surface area contributed by atoms with Gasteiger partial charge in [-0.05, 0) is 37.3 Å². The molecule has 2 aromatic heterocycles. The lowest BCUT2D eigenvalue weighted by Crippen LogP contribution is -2.43. The molecule has 4 heterocycles. The van der Waals surface area contributed by atoms with Gasteiger partial charge in [-0.3, -0.25) is 9.69 Å². The van der Waals surface area contributed by atoms with Gasteiger partial charge < -0.3 is 19.8 Å². The summed E-state index contributed by atoms with van der Waals surface area (Å²) in [7, 11) is 1.65. The van der Waals surface area contributed by atoms with Crippen LogP contribution in [0.1, 0.15) is 27.2 Å². The molecule has 1 saturated heterocycles. The minimum atomic E-state index is -0.108. The zero-order valence-corrected chi connectivity index (χ0v) is 17.1. The van der Waals surface area contributed by atoms with E-state index in [2.05, 4.69) is 20.2 Å². The molecule has 2 aliphatic heterocycles. The number of hydrogen-bond acceptors (Lipinski definition) is 6. The minimum Gasteiger partial charge on any atom is -0.496 e. The number of aryl methyl sites for hydroxylation is 1. The van der Waals surface area contributed by atoms with E-state index in [1.54, 1.807) is 19.3 Å². The number of allylic oxidation sites excluding steroid dienone is 1. The normalized spacial score (nSPS) is 18.1. The Bertz CT molecular complexity index is 1160. The summed E-state index contributed by atoms with van der Waals surface area (Å²) in [6.45, 7) is 6.44. The number of aromatic nitrogens is 2. The van der Waals surface area contributed by atoms with Crippen LogP contribution in [0.2, 0.25) is 0 Å². The summed E-state index contributed by atoms with van der Waals surface area (Å²) in [5.74, 6) is 1.57. The van der Waals surface area contributed by atoms with Crippen molar-refractivity contribution in [1.29, 1.82) is 0 Å². The lowest BCUT2D eigenvalue weighted by molar-refractivity contribution is 0.101. The fourth-order valence-corrected chi connectivity index (χ4v) is 4.11. The van der Waals surface area contributed by atoms with Crippen LogP contribution in [0.25, 0.3) is 17.1 Å². The smallest absolute Gasteiger partial charge is 0.231 e. The molecular formula is C23H24N4O3. The molecule has 2 N–H and O–H groups in total. The Morgan fingerprint density at radius 1 is 1.23 bits per heavy atom. The maximum atomic E-state index is 13.1. The molecule has 0 radical (unpaired) electrons. The van der Waals surface area contributed by atoms with E-state index in [-0.39, 0.29) is 5.78 Å². The Hall–Kier alpha value is -3.16. The predicted octanol–water partition coefficient (Wildman–Crippen LogP) is 2.90. The zero-order valence-electron chi connectivity index (χ0n) is 17.1. The Labute approximate surface area is 174 Å². The molecule has 0 aliphatic carbocycles. The standard InChI is InChI=1S/C23H24N4O3/c1-14-3-4-16-15(12-25-23(16)26-14)11-20-21(28)17-5-6-19(29-2)18(22(17)30-20)13-27-9-7-24-8-10-27/h3-6,11-12,24H,7-10,13H2,1-2H3,(H,25,26)/b20-11-. The summed E-state index contributed by atoms with van der Waals surface area (Å²) >= 11 is 0. The van der Waals surface area contributed by atoms with E-state index >= 15 is 0 Å². The van der Waals surface area contributed by atoms with Gasteiger partial charge in [0.15, 0.2) is 5.76 Å². The quantitative estimate of drug-likeness (QED) is 0.651. The first kappa shape index (κ1) is 18.8. The molecule has 7 nitrogen and oxygen atoms in total. The molecule has 3 aromatic rings. The van der Waals surface area contributed by atoms with Gasteiger partial charge in [0.2, 0.25) is 5.78 Å². The summed E-state index contributed by atoms with van der Waals surface area (Å²) in [6, 6.07) is 7.62. The highest BCUT2D eigenvalue weighted by Crippen LogP contribution is 2.40. The maximum absolute atomic E-state index is 13.1. The van der Waals surface area contributed by atoms with E-state index in [0.29, 0.717) is 23.6 Å². The lowest BCUT2D eigenvalue weighted by Gasteiger charge is -2.28. The Balaban J connectivity index is 1.51. The molecule has 30 heavy (non-hydrogen) atoms. The van der Waals surface area contributed by atoms with Crippen molar-refractivity contribution in [2.75, 3.05) is 33.3 Å². The topological polar surface area (TPSA) is 79.5 Å². The number of piperazine rings is 1. The van der Waals surface area contributed by atoms with Crippen LogP contribution in [-0.2, 0) is 6.54 Å². The second-order valence-electron chi connectivity index (χ2n) is 7.68. The summed E-state index contributed by atoms with van der Waals surface area (Å²) in [6.07, 6.45) is 3.64. The van der Waals surface area contributed by atoms with Crippen LogP contribution in [0.5, 0.6) is 11.5 Å². The van der Waals surface area contributed by atoms with E-state index in [4.69, 9.17) is 9.47 Å². The number of benzene rings is 1. The van der Waals surface area contributed by atoms with Crippen LogP contribution >= 0.6 is 0 Å². The molecular weight excluding hydrogens is 380 g/mol. The number of hydrogen-bond donors (Lipinski definition) is 2. The van der Waals surface area contributed by atoms with E-state index in [1.165, 1.54) is 0 Å². The van der Waals surface area contributed by atoms with Gasteiger partial charge in [-0.1, -0.05) is 0 Å². The van der Waals surface area contributed by atoms with Gasteiger partial charge in [0, 0.05) is 55.6 Å². The number of aromatic amines is 1. The van der Waals surface area contributed by atoms with Crippen molar-refractivity contribution < 1.29 is 14.3 Å². The predicted molar refractivity (Wildman–Crippen MR) is 115 cm³/mol. The molecule has 1 aromatic carbocycles. The van der Waals surface area contributed by atoms with E-state index in [0.717, 1.165) is 59.8 Å². The largest absolute Gasteiger partial charge is 0.496 e. The van der Waals surface area contributed by atoms with Crippen LogP contribution in [-0.4, -0.2) is 53.9 Å². The number of H-pyrrole nitrogens is 1. The third-order valence-corrected chi connectivity index (χ3v) is 5.71. The van der Waals surface area contributed by atoms with E-state index in [9.17, 15) is 4.79 Å². The molecule has 0 unspecified atom stereocenters. The molecule has 2 aliphatic rings. The molecule has 5 rings (SSSR count). The fraction of sp³-hybridized carbons (Fsp3) is 0.304. The Morgan fingerprint density at radius 2 is 2.07 bits per heavy atom. The van der Waals surface area contributed by atoms with Gasteiger partial charge in [0.25, 0.3) is 0 Å². The van der Waals surface area contributed by atoms with Crippen molar-refractivity contribution in [1.82, 2.24) is 20.2 Å². The van der Waals surface area contributed by atoms with Gasteiger partial charge in [0.05, 0.1) is 18.2 Å². The molecule has 7 heteroatoms. The van der Waals surface area contributed by atoms with Gasteiger partial charge in [-0.25, -0.2) is 4.98 Å². The number of ether oxygens (including phenoxy) is 2. The third kappa shape index (κ3) is 3.26. The van der Waals surface area contributed by atoms with Crippen molar-refractivity contribution in [2.24, 2.45) is 0 Å². The number of carbonyl (C=O) groups is 1. The van der Waals surface area contributed by atoms with E-state index in [1.807, 2.05) is 31.3 Å². The second kappa shape index (κ2) is 7.59. The van der Waals surface area contributed by atoms with Crippen molar-refractivity contribution in [3.63, 3.8) is 0 Å². The Morgan fingerprint density at radius 3 is 2.87 bits per heavy atom. The highest BCUT2D eigenvalue weighted by Gasteiger charge is 2.32. The lowest BCUT2D eigenvalue weighted by atomic mass is 10.0. The number of Topliss-reactive ketones (excluding diaryl/α,β-unsaturated/α-hetero) is 1. The summed E-state index contributed by atoms with van der Waals surface area (Å²) < 4.78 is 11.7. The highest BCUT2D eigenvalue weighted by atomic mass is 16.5. The molecule has 0 atom stereocenters. The van der Waals surface area contributed by atoms with E-state index < -0.39 is 0 Å². The molecule has 1 fully saturated rings. The van der Waals surface area contributed by atoms with Crippen molar-refractivity contribution in [2.45, 2.75) is 13.5 Å². The highest BCUT2D eigenvalue weighted by molar-refractivity contribution is 6.15. The second-order valence-corrected chi connectivity index (χ2v) is 7.68. The fourth-order valence-electron chi connectivity index (χ4n) is 4.11. The summed E-state index contributed by atoms with van der Waals surface area (Å²) in [5, 5.41) is 4.32. The molecule has 0 spiro atoms. The van der Waals surface area contributed by atoms with Crippen molar-refractivity contribution >= 4 is 22.9 Å². The van der Waals surface area contributed by atoms with Crippen LogP contribution in [0, 0.1) is 6.92 Å². The number of methoxy groups -OCH3 is 1. The van der Waals surface area contributed by atoms with Crippen LogP contribution in [0.3, 0.4) is 0 Å². The average Bonchev–Trinajstić information content (AvgIpc) is 3.30. The first-order valence-corrected chi connectivity index (χ1v) is 10.2. The Kier molecular flexibility index (Phi) is 4.77. The first-order chi connectivity index (χ1) is 14.6. The van der Waals surface area contributed by atoms with Gasteiger partial charge in [0.1, 0.15) is 17.1 Å². The number of nitrogens with one attached hydrogen (secondary N) is 2. The van der Waals surface area contributed by atoms with Crippen LogP contribution < -0.4 is 14.8 Å². The third-order valence-electron chi connectivity index (χ3n) is 5.71. The summed E-state index contributed by atoms with van der Waals surface area (Å²) in [4.78, 5) is 23.1. The number of ketones is 1. The van der Waals surface area contributed by atoms with Crippen molar-refractivity contribution in [3.05, 3.63) is 58.6 Å². The molecule has 0 bridgehead atoms. The molecule has 0 saturated carbocycles. The first-order valence-electron chi connectivity index (χ1n) is 10.2. The summed E-state index contributed by atoms with van der Waals surface area (Å²) in [5.41, 5.74) is 4.12. The van der Waals surface area contributed by atoms with Gasteiger partial charge >= 0.3 is 0 Å². The number of nitrogens with zero attached hydrogens (tertiary/aromatic N) is 2. The molecule has 0 amide bonds. The minimum absolute atomic E-state index is 0.108. The molecule has 154 valence electrons. The maximum Gasteiger partial charge on any atom is 0.231 e. The van der Waals surface area contributed by atoms with Gasteiger partial charge in [-0.15, -0.1) is 0 Å². The SMILES string of the molecule is COc1ccc2c(c1CN1CCNCC1)O/C(=C\c1c[nH]c3nc(C)ccc13)C2=O. The van der Waals surface area contributed by atoms with Crippen molar-refractivity contribution in [3.8, 4) is 11.5 Å². The zero-order chi connectivity index (χ0) is 20.7.